The Kier molecular flexibility index (Phi) is 3.52. The van der Waals surface area contributed by atoms with Gasteiger partial charge in [0.05, 0.1) is 11.9 Å². The van der Waals surface area contributed by atoms with E-state index in [1.165, 1.54) is 7.05 Å². The molecule has 1 unspecified atom stereocenters. The van der Waals surface area contributed by atoms with Crippen LogP contribution in [0.1, 0.15) is 18.0 Å². The molecule has 18 heavy (non-hydrogen) atoms. The summed E-state index contributed by atoms with van der Waals surface area (Å²) in [5, 5.41) is 3.61. The number of hydrogen-bond acceptors (Lipinski definition) is 2. The number of pyridine rings is 1. The van der Waals surface area contributed by atoms with Gasteiger partial charge in [-0.2, -0.15) is 13.2 Å². The zero-order valence-electron chi connectivity index (χ0n) is 9.83. The van der Waals surface area contributed by atoms with Crippen molar-refractivity contribution in [2.45, 2.75) is 18.6 Å². The molecule has 0 amide bonds. The molecule has 0 spiro atoms. The van der Waals surface area contributed by atoms with Crippen LogP contribution in [0, 0.1) is 0 Å². The summed E-state index contributed by atoms with van der Waals surface area (Å²) >= 11 is 0. The molecule has 0 aliphatic heterocycles. The van der Waals surface area contributed by atoms with Gasteiger partial charge in [0.15, 0.2) is 0 Å². The number of hydrogen-bond donors (Lipinski definition) is 1. The minimum absolute atomic E-state index is 0.598. The Morgan fingerprint density at radius 3 is 2.72 bits per heavy atom. The van der Waals surface area contributed by atoms with Crippen LogP contribution in [0.2, 0.25) is 0 Å². The second-order valence-corrected chi connectivity index (χ2v) is 4.12. The molecular weight excluding hydrogens is 241 g/mol. The van der Waals surface area contributed by atoms with Gasteiger partial charge < -0.3 is 5.32 Å². The van der Waals surface area contributed by atoms with Gasteiger partial charge in [-0.25, -0.2) is 0 Å². The number of nitrogens with one attached hydrogen (secondary N) is 1. The molecule has 0 aliphatic rings. The lowest BCUT2D eigenvalue weighted by Gasteiger charge is -2.18. The minimum Gasteiger partial charge on any atom is -0.313 e. The standard InChI is InChI=1S/C13H13F3N2/c1-17-12(8-13(14,15)16)10-5-4-9-3-2-6-18-11(9)7-10/h2-7,12,17H,8H2,1H3. The molecule has 0 saturated heterocycles. The number of alkyl halides is 3. The highest BCUT2D eigenvalue weighted by atomic mass is 19.4. The lowest BCUT2D eigenvalue weighted by atomic mass is 10.0. The van der Waals surface area contributed by atoms with Crippen LogP contribution in [0.5, 0.6) is 0 Å². The van der Waals surface area contributed by atoms with Crippen LogP contribution < -0.4 is 5.32 Å². The van der Waals surface area contributed by atoms with E-state index in [9.17, 15) is 13.2 Å². The van der Waals surface area contributed by atoms with Crippen LogP contribution in [0.15, 0.2) is 36.5 Å². The molecule has 1 aromatic carbocycles. The largest absolute Gasteiger partial charge is 0.390 e. The van der Waals surface area contributed by atoms with Crippen molar-refractivity contribution in [1.29, 1.82) is 0 Å². The maximum atomic E-state index is 12.4. The summed E-state index contributed by atoms with van der Waals surface area (Å²) < 4.78 is 37.3. The van der Waals surface area contributed by atoms with Crippen molar-refractivity contribution in [2.75, 3.05) is 7.05 Å². The number of fused-ring (bicyclic) bond motifs is 1. The Morgan fingerprint density at radius 1 is 1.28 bits per heavy atom. The van der Waals surface area contributed by atoms with Crippen LogP contribution in [-0.4, -0.2) is 18.2 Å². The zero-order valence-corrected chi connectivity index (χ0v) is 9.83. The average molecular weight is 254 g/mol. The molecule has 1 N–H and O–H groups in total. The van der Waals surface area contributed by atoms with Crippen LogP contribution in [0.3, 0.4) is 0 Å². The number of halogens is 3. The third kappa shape index (κ3) is 2.98. The first-order valence-corrected chi connectivity index (χ1v) is 5.58. The maximum absolute atomic E-state index is 12.4. The summed E-state index contributed by atoms with van der Waals surface area (Å²) in [6.45, 7) is 0. The van der Waals surface area contributed by atoms with Gasteiger partial charge in [-0.15, -0.1) is 0 Å². The molecule has 2 rings (SSSR count). The topological polar surface area (TPSA) is 24.9 Å². The summed E-state index contributed by atoms with van der Waals surface area (Å²) in [4.78, 5) is 4.15. The Bertz CT molecular complexity index is 537. The van der Waals surface area contributed by atoms with Gasteiger partial charge >= 0.3 is 6.18 Å². The normalized spacial score (nSPS) is 13.8. The van der Waals surface area contributed by atoms with Crippen molar-refractivity contribution in [3.05, 3.63) is 42.1 Å². The molecule has 2 nitrogen and oxygen atoms in total. The van der Waals surface area contributed by atoms with Crippen LogP contribution in [-0.2, 0) is 0 Å². The second-order valence-electron chi connectivity index (χ2n) is 4.12. The van der Waals surface area contributed by atoms with Crippen molar-refractivity contribution in [2.24, 2.45) is 0 Å². The number of nitrogens with zero attached hydrogens (tertiary/aromatic N) is 1. The molecule has 0 radical (unpaired) electrons. The molecule has 0 aliphatic carbocycles. The van der Waals surface area contributed by atoms with E-state index in [4.69, 9.17) is 0 Å². The van der Waals surface area contributed by atoms with Gasteiger partial charge in [-0.05, 0) is 24.7 Å². The first-order valence-electron chi connectivity index (χ1n) is 5.58. The Morgan fingerprint density at radius 2 is 2.06 bits per heavy atom. The molecular formula is C13H13F3N2. The van der Waals surface area contributed by atoms with Crippen LogP contribution in [0.25, 0.3) is 10.9 Å². The first-order chi connectivity index (χ1) is 8.49. The molecule has 1 aromatic heterocycles. The van der Waals surface area contributed by atoms with Crippen molar-refractivity contribution >= 4 is 10.9 Å². The summed E-state index contributed by atoms with van der Waals surface area (Å²) in [7, 11) is 1.53. The van der Waals surface area contributed by atoms with E-state index in [1.807, 2.05) is 6.07 Å². The molecule has 5 heteroatoms. The van der Waals surface area contributed by atoms with E-state index in [0.717, 1.165) is 5.39 Å². The van der Waals surface area contributed by atoms with Gasteiger partial charge in [0.1, 0.15) is 0 Å². The lowest BCUT2D eigenvalue weighted by molar-refractivity contribution is -0.140. The highest BCUT2D eigenvalue weighted by Crippen LogP contribution is 2.30. The highest BCUT2D eigenvalue weighted by Gasteiger charge is 2.31. The number of aromatic nitrogens is 1. The average Bonchev–Trinajstić information content (AvgIpc) is 2.34. The zero-order chi connectivity index (χ0) is 13.2. The summed E-state index contributed by atoms with van der Waals surface area (Å²) in [5.41, 5.74) is 1.30. The smallest absolute Gasteiger partial charge is 0.313 e. The van der Waals surface area contributed by atoms with E-state index in [-0.39, 0.29) is 0 Å². The molecule has 1 atom stereocenters. The predicted molar refractivity (Wildman–Crippen MR) is 64.2 cm³/mol. The molecule has 0 saturated carbocycles. The third-order valence-electron chi connectivity index (χ3n) is 2.82. The van der Waals surface area contributed by atoms with E-state index < -0.39 is 18.6 Å². The lowest BCUT2D eigenvalue weighted by Crippen LogP contribution is -2.23. The number of rotatable bonds is 3. The fourth-order valence-corrected chi connectivity index (χ4v) is 1.92. The first kappa shape index (κ1) is 12.8. The monoisotopic (exact) mass is 254 g/mol. The quantitative estimate of drug-likeness (QED) is 0.907. The number of benzene rings is 1. The van der Waals surface area contributed by atoms with Crippen molar-refractivity contribution in [1.82, 2.24) is 10.3 Å². The van der Waals surface area contributed by atoms with Crippen LogP contribution in [0.4, 0.5) is 13.2 Å². The fraction of sp³-hybridized carbons (Fsp3) is 0.308. The second kappa shape index (κ2) is 4.94. The Labute approximate surface area is 103 Å². The van der Waals surface area contributed by atoms with Crippen molar-refractivity contribution in [3.63, 3.8) is 0 Å². The van der Waals surface area contributed by atoms with E-state index >= 15 is 0 Å². The van der Waals surface area contributed by atoms with Gasteiger partial charge in [-0.1, -0.05) is 18.2 Å². The Hall–Kier alpha value is -1.62. The van der Waals surface area contributed by atoms with E-state index in [1.54, 1.807) is 30.5 Å². The molecule has 0 fully saturated rings. The van der Waals surface area contributed by atoms with Crippen molar-refractivity contribution in [3.8, 4) is 0 Å². The van der Waals surface area contributed by atoms with Gasteiger partial charge in [0.2, 0.25) is 0 Å². The summed E-state index contributed by atoms with van der Waals surface area (Å²) in [5.74, 6) is 0. The molecule has 0 bridgehead atoms. The van der Waals surface area contributed by atoms with Gasteiger partial charge in [-0.3, -0.25) is 4.98 Å². The van der Waals surface area contributed by atoms with Gasteiger partial charge in [0.25, 0.3) is 0 Å². The maximum Gasteiger partial charge on any atom is 0.390 e. The SMILES string of the molecule is CNC(CC(F)(F)F)c1ccc2cccnc2c1. The van der Waals surface area contributed by atoms with E-state index in [2.05, 4.69) is 10.3 Å². The highest BCUT2D eigenvalue weighted by molar-refractivity contribution is 5.78. The summed E-state index contributed by atoms with van der Waals surface area (Å²) in [6.07, 6.45) is -3.45. The molecule has 1 heterocycles. The van der Waals surface area contributed by atoms with E-state index in [0.29, 0.717) is 11.1 Å². The third-order valence-corrected chi connectivity index (χ3v) is 2.82. The van der Waals surface area contributed by atoms with Gasteiger partial charge in [0, 0.05) is 17.6 Å². The summed E-state index contributed by atoms with van der Waals surface area (Å²) in [6, 6.07) is 8.13. The Balaban J connectivity index is 2.33. The fourth-order valence-electron chi connectivity index (χ4n) is 1.92. The molecule has 2 aromatic rings. The predicted octanol–water partition coefficient (Wildman–Crippen LogP) is 3.45. The molecule has 96 valence electrons. The minimum atomic E-state index is -4.19. The van der Waals surface area contributed by atoms with Crippen molar-refractivity contribution < 1.29 is 13.2 Å². The van der Waals surface area contributed by atoms with Crippen LogP contribution >= 0.6 is 0 Å².